The molecule has 0 aliphatic carbocycles. The lowest BCUT2D eigenvalue weighted by atomic mass is 10.2. The van der Waals surface area contributed by atoms with Crippen LogP contribution in [0.4, 0.5) is 4.79 Å². The highest BCUT2D eigenvalue weighted by molar-refractivity contribution is 5.81. The largest absolute Gasteiger partial charge is 0.494 e. The van der Waals surface area contributed by atoms with Crippen LogP contribution in [0.25, 0.3) is 0 Å². The van der Waals surface area contributed by atoms with Gasteiger partial charge in [0.25, 0.3) is 0 Å². The van der Waals surface area contributed by atoms with Gasteiger partial charge < -0.3 is 19.9 Å². The van der Waals surface area contributed by atoms with Crippen LogP contribution in [0.15, 0.2) is 53.6 Å². The van der Waals surface area contributed by atoms with Crippen LogP contribution in [0.1, 0.15) is 38.2 Å². The van der Waals surface area contributed by atoms with Crippen molar-refractivity contribution in [2.45, 2.75) is 32.6 Å². The fraction of sp³-hybridized carbons (Fsp3) is 0.364. The molecule has 0 heterocycles. The fourth-order valence-electron chi connectivity index (χ4n) is 2.53. The van der Waals surface area contributed by atoms with Crippen LogP contribution in [-0.2, 0) is 0 Å². The molecule has 7 nitrogen and oxygen atoms in total. The van der Waals surface area contributed by atoms with Gasteiger partial charge in [-0.2, -0.15) is 5.10 Å². The van der Waals surface area contributed by atoms with E-state index in [0.717, 1.165) is 30.1 Å². The summed E-state index contributed by atoms with van der Waals surface area (Å²) in [6.07, 6.45) is 6.25. The maximum atomic E-state index is 10.6. The Morgan fingerprint density at radius 1 is 0.931 bits per heavy atom. The van der Waals surface area contributed by atoms with Crippen LogP contribution in [0.5, 0.6) is 17.2 Å². The lowest BCUT2D eigenvalue weighted by molar-refractivity contribution is 0.217. The molecule has 2 aromatic carbocycles. The molecular weight excluding hydrogens is 370 g/mol. The Hall–Kier alpha value is -3.22. The second-order valence-electron chi connectivity index (χ2n) is 6.38. The average molecular weight is 399 g/mol. The van der Waals surface area contributed by atoms with Crippen molar-refractivity contribution in [1.29, 1.82) is 0 Å². The quantitative estimate of drug-likeness (QED) is 0.301. The molecule has 0 saturated carbocycles. The number of rotatable bonds is 13. The summed E-state index contributed by atoms with van der Waals surface area (Å²) >= 11 is 0. The highest BCUT2D eigenvalue weighted by atomic mass is 16.5. The van der Waals surface area contributed by atoms with Crippen molar-refractivity contribution in [2.75, 3.05) is 19.8 Å². The molecular formula is C22H29N3O4. The summed E-state index contributed by atoms with van der Waals surface area (Å²) in [6, 6.07) is 14.2. The SMILES string of the molecule is CCCCCCOc1ccc(OCCOc2cccc(/C=N/NC(N)=O)c2)cc1. The van der Waals surface area contributed by atoms with Crippen molar-refractivity contribution in [1.82, 2.24) is 5.43 Å². The highest BCUT2D eigenvalue weighted by Crippen LogP contribution is 2.18. The zero-order valence-corrected chi connectivity index (χ0v) is 16.8. The van der Waals surface area contributed by atoms with Gasteiger partial charge in [0.1, 0.15) is 30.5 Å². The van der Waals surface area contributed by atoms with E-state index in [-0.39, 0.29) is 0 Å². The summed E-state index contributed by atoms with van der Waals surface area (Å²) in [6.45, 7) is 3.76. The van der Waals surface area contributed by atoms with E-state index in [2.05, 4.69) is 17.5 Å². The summed E-state index contributed by atoms with van der Waals surface area (Å²) < 4.78 is 17.1. The maximum Gasteiger partial charge on any atom is 0.332 e. The molecule has 3 N–H and O–H groups in total. The molecule has 0 unspecified atom stereocenters. The molecule has 2 aromatic rings. The first-order valence-corrected chi connectivity index (χ1v) is 9.84. The van der Waals surface area contributed by atoms with Gasteiger partial charge in [0.2, 0.25) is 0 Å². The number of nitrogens with zero attached hydrogens (tertiary/aromatic N) is 1. The third-order valence-corrected chi connectivity index (χ3v) is 3.96. The lowest BCUT2D eigenvalue weighted by Gasteiger charge is -2.10. The first kappa shape index (κ1) is 22.1. The number of hydrogen-bond donors (Lipinski definition) is 2. The lowest BCUT2D eigenvalue weighted by Crippen LogP contribution is -2.24. The topological polar surface area (TPSA) is 95.2 Å². The van der Waals surface area contributed by atoms with E-state index in [0.29, 0.717) is 19.0 Å². The minimum atomic E-state index is -0.711. The van der Waals surface area contributed by atoms with Crippen molar-refractivity contribution in [3.63, 3.8) is 0 Å². The van der Waals surface area contributed by atoms with E-state index < -0.39 is 6.03 Å². The van der Waals surface area contributed by atoms with Gasteiger partial charge in [0.05, 0.1) is 12.8 Å². The van der Waals surface area contributed by atoms with E-state index in [1.165, 1.54) is 25.5 Å². The molecule has 0 aliphatic heterocycles. The Bertz CT molecular complexity index is 763. The number of carbonyl (C=O) groups excluding carboxylic acids is 1. The Balaban J connectivity index is 1.67. The Kier molecular flexibility index (Phi) is 9.93. The Morgan fingerprint density at radius 3 is 2.24 bits per heavy atom. The summed E-state index contributed by atoms with van der Waals surface area (Å²) in [7, 11) is 0. The molecule has 156 valence electrons. The van der Waals surface area contributed by atoms with E-state index in [9.17, 15) is 4.79 Å². The van der Waals surface area contributed by atoms with Gasteiger partial charge >= 0.3 is 6.03 Å². The molecule has 0 aliphatic rings. The van der Waals surface area contributed by atoms with Crippen molar-refractivity contribution < 1.29 is 19.0 Å². The summed E-state index contributed by atoms with van der Waals surface area (Å²) in [5.41, 5.74) is 7.88. The zero-order chi connectivity index (χ0) is 20.7. The van der Waals surface area contributed by atoms with Crippen LogP contribution in [0.2, 0.25) is 0 Å². The number of hydrogen-bond acceptors (Lipinski definition) is 5. The minimum absolute atomic E-state index is 0.399. The first-order valence-electron chi connectivity index (χ1n) is 9.84. The standard InChI is InChI=1S/C22H29N3O4/c1-2-3-4-5-13-27-19-9-11-20(12-10-19)28-14-15-29-21-8-6-7-18(16-21)17-24-25-22(23)26/h6-12,16-17H,2-5,13-15H2,1H3,(H3,23,25,26)/b24-17+. The molecule has 0 radical (unpaired) electrons. The summed E-state index contributed by atoms with van der Waals surface area (Å²) in [5, 5.41) is 3.72. The number of hydrazone groups is 1. The molecule has 2 rings (SSSR count). The van der Waals surface area contributed by atoms with Gasteiger partial charge in [0.15, 0.2) is 0 Å². The summed E-state index contributed by atoms with van der Waals surface area (Å²) in [4.78, 5) is 10.6. The van der Waals surface area contributed by atoms with E-state index in [4.69, 9.17) is 19.9 Å². The molecule has 0 bridgehead atoms. The van der Waals surface area contributed by atoms with Gasteiger partial charge in [-0.1, -0.05) is 38.3 Å². The molecule has 2 amide bonds. The van der Waals surface area contributed by atoms with Crippen LogP contribution in [0, 0.1) is 0 Å². The molecule has 7 heteroatoms. The number of amides is 2. The Morgan fingerprint density at radius 2 is 1.59 bits per heavy atom. The highest BCUT2D eigenvalue weighted by Gasteiger charge is 1.99. The molecule has 0 saturated heterocycles. The van der Waals surface area contributed by atoms with Crippen molar-refractivity contribution in [3.05, 3.63) is 54.1 Å². The number of primary amides is 1. The van der Waals surface area contributed by atoms with Gasteiger partial charge in [-0.05, 0) is 48.4 Å². The van der Waals surface area contributed by atoms with Crippen LogP contribution in [-0.4, -0.2) is 32.1 Å². The van der Waals surface area contributed by atoms with Gasteiger partial charge in [-0.15, -0.1) is 0 Å². The van der Waals surface area contributed by atoms with Crippen LogP contribution < -0.4 is 25.4 Å². The maximum absolute atomic E-state index is 10.6. The fourth-order valence-corrected chi connectivity index (χ4v) is 2.53. The second-order valence-corrected chi connectivity index (χ2v) is 6.38. The van der Waals surface area contributed by atoms with Crippen LogP contribution >= 0.6 is 0 Å². The monoisotopic (exact) mass is 399 g/mol. The number of benzene rings is 2. The number of nitrogens with one attached hydrogen (secondary N) is 1. The first-order chi connectivity index (χ1) is 14.2. The number of carbonyl (C=O) groups is 1. The minimum Gasteiger partial charge on any atom is -0.494 e. The van der Waals surface area contributed by atoms with Gasteiger partial charge in [-0.25, -0.2) is 10.2 Å². The predicted octanol–water partition coefficient (Wildman–Crippen LogP) is 4.11. The zero-order valence-electron chi connectivity index (χ0n) is 16.8. The number of unbranched alkanes of at least 4 members (excludes halogenated alkanes) is 3. The van der Waals surface area contributed by atoms with Gasteiger partial charge in [-0.3, -0.25) is 0 Å². The van der Waals surface area contributed by atoms with Crippen molar-refractivity contribution in [2.24, 2.45) is 10.8 Å². The van der Waals surface area contributed by atoms with E-state index in [1.807, 2.05) is 42.5 Å². The Labute approximate surface area is 171 Å². The molecule has 0 aromatic heterocycles. The number of ether oxygens (including phenoxy) is 3. The number of nitrogens with two attached hydrogens (primary N) is 1. The second kappa shape index (κ2) is 13.0. The van der Waals surface area contributed by atoms with Crippen molar-refractivity contribution in [3.8, 4) is 17.2 Å². The predicted molar refractivity (Wildman–Crippen MR) is 114 cm³/mol. The molecule has 0 fully saturated rings. The van der Waals surface area contributed by atoms with Gasteiger partial charge in [0, 0.05) is 0 Å². The molecule has 29 heavy (non-hydrogen) atoms. The van der Waals surface area contributed by atoms with Crippen LogP contribution in [0.3, 0.4) is 0 Å². The average Bonchev–Trinajstić information content (AvgIpc) is 2.72. The van der Waals surface area contributed by atoms with E-state index >= 15 is 0 Å². The molecule has 0 spiro atoms. The third kappa shape index (κ3) is 9.51. The normalized spacial score (nSPS) is 10.7. The van der Waals surface area contributed by atoms with Crippen molar-refractivity contribution >= 4 is 12.2 Å². The number of urea groups is 1. The molecule has 0 atom stereocenters. The summed E-state index contributed by atoms with van der Waals surface area (Å²) in [5.74, 6) is 2.31. The van der Waals surface area contributed by atoms with E-state index in [1.54, 1.807) is 6.07 Å². The smallest absolute Gasteiger partial charge is 0.332 e. The third-order valence-electron chi connectivity index (χ3n) is 3.96.